The van der Waals surface area contributed by atoms with Crippen molar-refractivity contribution in [2.24, 2.45) is 5.92 Å². The molecular formula is C33H29ClN4O4S. The second-order valence-electron chi connectivity index (χ2n) is 10.9. The quantitative estimate of drug-likeness (QED) is 0.227. The lowest BCUT2D eigenvalue weighted by Gasteiger charge is -2.21. The molecule has 1 fully saturated rings. The molecule has 0 spiro atoms. The van der Waals surface area contributed by atoms with Crippen LogP contribution in [0.1, 0.15) is 47.7 Å². The van der Waals surface area contributed by atoms with Crippen LogP contribution in [-0.2, 0) is 9.84 Å². The van der Waals surface area contributed by atoms with Gasteiger partial charge in [-0.1, -0.05) is 54.1 Å². The van der Waals surface area contributed by atoms with Crippen molar-refractivity contribution in [3.63, 3.8) is 0 Å². The molecule has 1 saturated carbocycles. The first kappa shape index (κ1) is 28.8. The lowest BCUT2D eigenvalue weighted by Crippen LogP contribution is -2.33. The molecule has 1 N–H and O–H groups in total. The first-order valence-electron chi connectivity index (χ1n) is 14.0. The van der Waals surface area contributed by atoms with Crippen LogP contribution in [0, 0.1) is 12.8 Å². The van der Waals surface area contributed by atoms with Crippen LogP contribution in [0.3, 0.4) is 0 Å². The molecule has 3 aromatic carbocycles. The van der Waals surface area contributed by atoms with Gasteiger partial charge in [-0.05, 0) is 74.4 Å². The number of para-hydroxylation sites is 1. The minimum atomic E-state index is -3.42. The van der Waals surface area contributed by atoms with Gasteiger partial charge in [0.2, 0.25) is 0 Å². The summed E-state index contributed by atoms with van der Waals surface area (Å²) in [5.41, 5.74) is 2.36. The van der Waals surface area contributed by atoms with Gasteiger partial charge in [0.1, 0.15) is 5.69 Å². The van der Waals surface area contributed by atoms with Gasteiger partial charge in [-0.25, -0.2) is 13.4 Å². The van der Waals surface area contributed by atoms with Crippen molar-refractivity contribution in [3.05, 3.63) is 118 Å². The zero-order chi connectivity index (χ0) is 30.3. The number of amides is 1. The average Bonchev–Trinajstić information content (AvgIpc) is 3.81. The van der Waals surface area contributed by atoms with E-state index in [1.54, 1.807) is 54.8 Å². The van der Waals surface area contributed by atoms with Gasteiger partial charge >= 0.3 is 0 Å². The summed E-state index contributed by atoms with van der Waals surface area (Å²) in [6, 6.07) is 22.3. The molecule has 8 nitrogen and oxygen atoms in total. The number of carbonyl (C=O) groups excluding carboxylic acids is 1. The van der Waals surface area contributed by atoms with Gasteiger partial charge in [-0.15, -0.1) is 0 Å². The molecule has 5 aromatic rings. The highest BCUT2D eigenvalue weighted by atomic mass is 35.5. The van der Waals surface area contributed by atoms with Crippen LogP contribution in [0.2, 0.25) is 5.02 Å². The van der Waals surface area contributed by atoms with Crippen LogP contribution in [-0.4, -0.2) is 34.6 Å². The van der Waals surface area contributed by atoms with E-state index >= 15 is 0 Å². The molecule has 6 rings (SSSR count). The standard InChI is InChI=1S/C33H29ClN4O4S/c1-20(29-17-24-9-7-13-27(34)30(24)33(40)38(29)25-10-4-3-5-11-25)36-32(39)31-21(2)35-18-28(37-31)23-8-6-12-26(16-23)43(41,42)19-22-14-15-22/h3-13,16-18,20,22H,14-15,19H2,1-2H3,(H,36,39)/t20-/m0/s1. The van der Waals surface area contributed by atoms with E-state index in [4.69, 9.17) is 11.6 Å². The second-order valence-corrected chi connectivity index (χ2v) is 13.3. The smallest absolute Gasteiger partial charge is 0.272 e. The number of halogens is 1. The van der Waals surface area contributed by atoms with E-state index in [0.29, 0.717) is 44.1 Å². The van der Waals surface area contributed by atoms with Gasteiger partial charge in [0.15, 0.2) is 9.84 Å². The Morgan fingerprint density at radius 1 is 1.05 bits per heavy atom. The molecule has 0 aliphatic heterocycles. The number of carbonyl (C=O) groups is 1. The van der Waals surface area contributed by atoms with Crippen LogP contribution >= 0.6 is 11.6 Å². The Balaban J connectivity index is 1.34. The lowest BCUT2D eigenvalue weighted by atomic mass is 10.1. The van der Waals surface area contributed by atoms with Gasteiger partial charge in [0.25, 0.3) is 11.5 Å². The van der Waals surface area contributed by atoms with Crippen LogP contribution in [0.25, 0.3) is 27.7 Å². The molecule has 2 aromatic heterocycles. The van der Waals surface area contributed by atoms with E-state index in [1.807, 2.05) is 42.5 Å². The zero-order valence-corrected chi connectivity index (χ0v) is 25.2. The summed E-state index contributed by atoms with van der Waals surface area (Å²) < 4.78 is 27.3. The van der Waals surface area contributed by atoms with E-state index in [-0.39, 0.29) is 27.8 Å². The van der Waals surface area contributed by atoms with E-state index in [1.165, 1.54) is 6.20 Å². The van der Waals surface area contributed by atoms with E-state index in [9.17, 15) is 18.0 Å². The van der Waals surface area contributed by atoms with Gasteiger partial charge in [0.05, 0.1) is 44.7 Å². The van der Waals surface area contributed by atoms with Gasteiger partial charge in [0, 0.05) is 16.9 Å². The number of rotatable bonds is 8. The third-order valence-electron chi connectivity index (χ3n) is 7.64. The molecule has 43 heavy (non-hydrogen) atoms. The summed E-state index contributed by atoms with van der Waals surface area (Å²) in [4.78, 5) is 36.6. The Labute approximate surface area is 254 Å². The van der Waals surface area contributed by atoms with Crippen molar-refractivity contribution in [1.29, 1.82) is 0 Å². The number of nitrogens with zero attached hydrogens (tertiary/aromatic N) is 3. The minimum Gasteiger partial charge on any atom is -0.343 e. The monoisotopic (exact) mass is 612 g/mol. The average molecular weight is 613 g/mol. The molecule has 10 heteroatoms. The fourth-order valence-electron chi connectivity index (χ4n) is 5.18. The first-order valence-corrected chi connectivity index (χ1v) is 16.0. The molecule has 1 amide bonds. The number of aryl methyl sites for hydroxylation is 1. The molecule has 1 aliphatic carbocycles. The highest BCUT2D eigenvalue weighted by molar-refractivity contribution is 7.91. The highest BCUT2D eigenvalue weighted by Gasteiger charge is 2.29. The zero-order valence-electron chi connectivity index (χ0n) is 23.6. The molecule has 218 valence electrons. The summed E-state index contributed by atoms with van der Waals surface area (Å²) in [6.07, 6.45) is 3.41. The summed E-state index contributed by atoms with van der Waals surface area (Å²) >= 11 is 6.43. The summed E-state index contributed by atoms with van der Waals surface area (Å²) in [7, 11) is -3.42. The van der Waals surface area contributed by atoms with Crippen LogP contribution < -0.4 is 10.9 Å². The van der Waals surface area contributed by atoms with Crippen molar-refractivity contribution >= 4 is 38.1 Å². The Bertz CT molecular complexity index is 2040. The molecular weight excluding hydrogens is 584 g/mol. The molecule has 0 bridgehead atoms. The van der Waals surface area contributed by atoms with Gasteiger partial charge in [-0.2, -0.15) is 0 Å². The maximum absolute atomic E-state index is 13.7. The molecule has 1 atom stereocenters. The molecule has 2 heterocycles. The fraction of sp³-hybridized carbons (Fsp3) is 0.212. The number of pyridine rings is 1. The number of benzene rings is 3. The SMILES string of the molecule is Cc1ncc(-c2cccc(S(=O)(=O)CC3CC3)c2)nc1C(=O)N[C@@H](C)c1cc2cccc(Cl)c2c(=O)n1-c1ccccc1. The van der Waals surface area contributed by atoms with Crippen LogP contribution in [0.5, 0.6) is 0 Å². The van der Waals surface area contributed by atoms with Gasteiger partial charge in [-0.3, -0.25) is 19.1 Å². The summed E-state index contributed by atoms with van der Waals surface area (Å²) in [5.74, 6) is -0.116. The Hall–Kier alpha value is -4.34. The van der Waals surface area contributed by atoms with Crippen molar-refractivity contribution in [1.82, 2.24) is 19.9 Å². The highest BCUT2D eigenvalue weighted by Crippen LogP contribution is 2.33. The van der Waals surface area contributed by atoms with Crippen molar-refractivity contribution < 1.29 is 13.2 Å². The third-order valence-corrected chi connectivity index (χ3v) is 9.84. The first-order chi connectivity index (χ1) is 20.6. The number of hydrogen-bond donors (Lipinski definition) is 1. The van der Waals surface area contributed by atoms with Crippen molar-refractivity contribution in [3.8, 4) is 16.9 Å². The molecule has 0 saturated heterocycles. The maximum Gasteiger partial charge on any atom is 0.272 e. The fourth-order valence-corrected chi connectivity index (χ4v) is 7.19. The number of sulfone groups is 1. The summed E-state index contributed by atoms with van der Waals surface area (Å²) in [6.45, 7) is 3.48. The third kappa shape index (κ3) is 5.83. The Morgan fingerprint density at radius 3 is 2.53 bits per heavy atom. The summed E-state index contributed by atoms with van der Waals surface area (Å²) in [5, 5.41) is 4.39. The second kappa shape index (κ2) is 11.4. The number of nitrogens with one attached hydrogen (secondary N) is 1. The molecule has 0 unspecified atom stereocenters. The van der Waals surface area contributed by atoms with E-state index < -0.39 is 21.8 Å². The normalized spacial score (nSPS) is 14.0. The maximum atomic E-state index is 13.7. The topological polar surface area (TPSA) is 111 Å². The predicted octanol–water partition coefficient (Wildman–Crippen LogP) is 6.08. The predicted molar refractivity (Wildman–Crippen MR) is 167 cm³/mol. The number of hydrogen-bond acceptors (Lipinski definition) is 6. The Kier molecular flexibility index (Phi) is 7.62. The lowest BCUT2D eigenvalue weighted by molar-refractivity contribution is 0.0932. The molecule has 0 radical (unpaired) electrons. The van der Waals surface area contributed by atoms with E-state index in [0.717, 1.165) is 12.8 Å². The van der Waals surface area contributed by atoms with Crippen LogP contribution in [0.15, 0.2) is 94.7 Å². The number of aromatic nitrogens is 3. The number of fused-ring (bicyclic) bond motifs is 1. The minimum absolute atomic E-state index is 0.105. The molecule has 1 aliphatic rings. The Morgan fingerprint density at radius 2 is 1.79 bits per heavy atom. The van der Waals surface area contributed by atoms with E-state index in [2.05, 4.69) is 15.3 Å². The van der Waals surface area contributed by atoms with Crippen LogP contribution in [0.4, 0.5) is 0 Å². The van der Waals surface area contributed by atoms with Crippen molar-refractivity contribution in [2.75, 3.05) is 5.75 Å². The largest absolute Gasteiger partial charge is 0.343 e. The van der Waals surface area contributed by atoms with Crippen molar-refractivity contribution in [2.45, 2.75) is 37.6 Å². The van der Waals surface area contributed by atoms with Gasteiger partial charge < -0.3 is 5.32 Å².